The van der Waals surface area contributed by atoms with Gasteiger partial charge in [0.1, 0.15) is 5.75 Å². The topological polar surface area (TPSA) is 68.7 Å². The van der Waals surface area contributed by atoms with Gasteiger partial charge in [-0.3, -0.25) is 4.98 Å². The standard InChI is InChI=1S/C28H29NO4S/c1-15-22(18-8-9-20-17(13-18)7-6-11-32-20)24(26(27(30)31)33-28(3,4)5)16(2)25-23(15)19-10-12-34-21(19)14-29-25/h8-10,12-14,26H,6-7,11H2,1-5H3,(H,30,31)/t26-/m0/s1. The Morgan fingerprint density at radius 2 is 2.00 bits per heavy atom. The Morgan fingerprint density at radius 3 is 2.74 bits per heavy atom. The number of hydrogen-bond acceptors (Lipinski definition) is 5. The van der Waals surface area contributed by atoms with Gasteiger partial charge >= 0.3 is 5.97 Å². The van der Waals surface area contributed by atoms with E-state index in [1.165, 1.54) is 0 Å². The molecule has 0 radical (unpaired) electrons. The van der Waals surface area contributed by atoms with E-state index >= 15 is 0 Å². The Hall–Kier alpha value is -2.96. The number of aromatic nitrogens is 1. The van der Waals surface area contributed by atoms with E-state index in [4.69, 9.17) is 14.5 Å². The van der Waals surface area contributed by atoms with Gasteiger partial charge < -0.3 is 14.6 Å². The third-order valence-electron chi connectivity index (χ3n) is 6.45. The molecule has 0 spiro atoms. The summed E-state index contributed by atoms with van der Waals surface area (Å²) in [7, 11) is 0. The van der Waals surface area contributed by atoms with Crippen LogP contribution < -0.4 is 4.74 Å². The van der Waals surface area contributed by atoms with Crippen LogP contribution in [0.5, 0.6) is 5.75 Å². The van der Waals surface area contributed by atoms with Crippen LogP contribution in [0.1, 0.15) is 55.5 Å². The first kappa shape index (κ1) is 22.8. The molecule has 1 aliphatic rings. The van der Waals surface area contributed by atoms with Crippen molar-refractivity contribution in [2.24, 2.45) is 0 Å². The Balaban J connectivity index is 1.88. The van der Waals surface area contributed by atoms with E-state index < -0.39 is 17.7 Å². The molecule has 5 rings (SSSR count). The Kier molecular flexibility index (Phi) is 5.61. The van der Waals surface area contributed by atoms with E-state index in [1.54, 1.807) is 11.3 Å². The monoisotopic (exact) mass is 475 g/mol. The first-order valence-corrected chi connectivity index (χ1v) is 12.5. The summed E-state index contributed by atoms with van der Waals surface area (Å²) in [6, 6.07) is 8.33. The van der Waals surface area contributed by atoms with E-state index in [1.807, 2.05) is 46.0 Å². The maximum Gasteiger partial charge on any atom is 0.337 e. The second-order valence-electron chi connectivity index (χ2n) is 9.94. The van der Waals surface area contributed by atoms with Crippen LogP contribution in [0.25, 0.3) is 32.1 Å². The quantitative estimate of drug-likeness (QED) is 0.344. The van der Waals surface area contributed by atoms with E-state index in [0.717, 1.165) is 74.0 Å². The largest absolute Gasteiger partial charge is 0.493 e. The van der Waals surface area contributed by atoms with Crippen molar-refractivity contribution >= 4 is 38.3 Å². The lowest BCUT2D eigenvalue weighted by atomic mass is 9.84. The van der Waals surface area contributed by atoms with Crippen LogP contribution >= 0.6 is 11.3 Å². The van der Waals surface area contributed by atoms with E-state index in [-0.39, 0.29) is 0 Å². The average Bonchev–Trinajstić information content (AvgIpc) is 3.27. The summed E-state index contributed by atoms with van der Waals surface area (Å²) in [6.45, 7) is 10.4. The highest BCUT2D eigenvalue weighted by Gasteiger charge is 2.33. The molecule has 3 heterocycles. The number of carboxylic acids is 1. The van der Waals surface area contributed by atoms with Crippen molar-refractivity contribution < 1.29 is 19.4 Å². The minimum Gasteiger partial charge on any atom is -0.493 e. The highest BCUT2D eigenvalue weighted by atomic mass is 32.1. The molecule has 1 atom stereocenters. The number of ether oxygens (including phenoxy) is 2. The van der Waals surface area contributed by atoms with Gasteiger partial charge in [0.25, 0.3) is 0 Å². The Bertz CT molecular complexity index is 1430. The zero-order valence-corrected chi connectivity index (χ0v) is 21.0. The molecule has 0 aliphatic carbocycles. The van der Waals surface area contributed by atoms with Gasteiger partial charge in [-0.25, -0.2) is 4.79 Å². The van der Waals surface area contributed by atoms with E-state index in [0.29, 0.717) is 5.56 Å². The summed E-state index contributed by atoms with van der Waals surface area (Å²) in [5, 5.41) is 14.6. The molecule has 0 bridgehead atoms. The highest BCUT2D eigenvalue weighted by molar-refractivity contribution is 7.17. The number of carboxylic acid groups (broad SMARTS) is 1. The van der Waals surface area contributed by atoms with E-state index in [2.05, 4.69) is 24.4 Å². The summed E-state index contributed by atoms with van der Waals surface area (Å²) in [5.74, 6) is -0.0924. The fraction of sp³-hybridized carbons (Fsp3) is 0.357. The number of hydrogen-bond donors (Lipinski definition) is 1. The number of rotatable bonds is 4. The molecule has 0 unspecified atom stereocenters. The SMILES string of the molecule is Cc1c([C@H](OC(C)(C)C)C(=O)O)c(-c2ccc3c(c2)CCCO3)c(C)c2c1ncc1sccc12. The van der Waals surface area contributed by atoms with Crippen molar-refractivity contribution in [1.82, 2.24) is 4.98 Å². The maximum absolute atomic E-state index is 12.6. The molecule has 4 aromatic rings. The van der Waals surface area contributed by atoms with E-state index in [9.17, 15) is 9.90 Å². The molecule has 5 nitrogen and oxygen atoms in total. The molecule has 34 heavy (non-hydrogen) atoms. The van der Waals surface area contributed by atoms with Crippen LogP contribution in [0.15, 0.2) is 35.8 Å². The summed E-state index contributed by atoms with van der Waals surface area (Å²) < 4.78 is 13.1. The minimum atomic E-state index is -1.12. The normalized spacial score (nSPS) is 14.7. The molecule has 0 saturated heterocycles. The first-order chi connectivity index (χ1) is 16.2. The van der Waals surface area contributed by atoms with Gasteiger partial charge in [0.05, 0.1) is 22.4 Å². The molecule has 6 heteroatoms. The number of carbonyl (C=O) groups is 1. The van der Waals surface area contributed by atoms with Gasteiger partial charge in [0, 0.05) is 22.5 Å². The van der Waals surface area contributed by atoms with Gasteiger partial charge in [0.2, 0.25) is 0 Å². The predicted molar refractivity (Wildman–Crippen MR) is 137 cm³/mol. The summed E-state index contributed by atoms with van der Waals surface area (Å²) >= 11 is 1.66. The highest BCUT2D eigenvalue weighted by Crippen LogP contribution is 2.44. The first-order valence-electron chi connectivity index (χ1n) is 11.6. The van der Waals surface area contributed by atoms with Gasteiger partial charge in [-0.2, -0.15) is 0 Å². The number of aliphatic carboxylic acids is 1. The minimum absolute atomic E-state index is 0.635. The van der Waals surface area contributed by atoms with Crippen LogP contribution in [-0.4, -0.2) is 28.3 Å². The van der Waals surface area contributed by atoms with Crippen LogP contribution in [0.2, 0.25) is 0 Å². The van der Waals surface area contributed by atoms with Gasteiger partial charge in [-0.15, -0.1) is 11.3 Å². The number of nitrogens with zero attached hydrogens (tertiary/aromatic N) is 1. The van der Waals surface area contributed by atoms with Crippen molar-refractivity contribution in [3.63, 3.8) is 0 Å². The smallest absolute Gasteiger partial charge is 0.337 e. The van der Waals surface area contributed by atoms with Gasteiger partial charge in [-0.05, 0) is 98.9 Å². The molecule has 0 fully saturated rings. The predicted octanol–water partition coefficient (Wildman–Crippen LogP) is 7.00. The maximum atomic E-state index is 12.6. The third-order valence-corrected chi connectivity index (χ3v) is 7.30. The van der Waals surface area contributed by atoms with Crippen LogP contribution in [0.4, 0.5) is 0 Å². The molecule has 176 valence electrons. The van der Waals surface area contributed by atoms with Crippen molar-refractivity contribution in [3.05, 3.63) is 58.1 Å². The fourth-order valence-electron chi connectivity index (χ4n) is 5.05. The van der Waals surface area contributed by atoms with Gasteiger partial charge in [0.15, 0.2) is 6.10 Å². The second-order valence-corrected chi connectivity index (χ2v) is 10.9. The van der Waals surface area contributed by atoms with Crippen molar-refractivity contribution in [2.75, 3.05) is 6.61 Å². The average molecular weight is 476 g/mol. The molecular formula is C28H29NO4S. The molecule has 1 aliphatic heterocycles. The lowest BCUT2D eigenvalue weighted by Gasteiger charge is -2.29. The second kappa shape index (κ2) is 8.36. The Labute approximate surface area is 203 Å². The number of thiophene rings is 1. The number of benzene rings is 2. The van der Waals surface area contributed by atoms with Crippen molar-refractivity contribution in [1.29, 1.82) is 0 Å². The molecule has 2 aromatic heterocycles. The lowest BCUT2D eigenvalue weighted by molar-refractivity contribution is -0.160. The zero-order valence-electron chi connectivity index (χ0n) is 20.2. The molecule has 0 saturated carbocycles. The summed E-state index contributed by atoms with van der Waals surface area (Å²) in [6.07, 6.45) is 2.69. The third kappa shape index (κ3) is 3.85. The van der Waals surface area contributed by atoms with Crippen molar-refractivity contribution in [2.45, 2.75) is 59.2 Å². The number of pyridine rings is 1. The summed E-state index contributed by atoms with van der Waals surface area (Å²) in [4.78, 5) is 17.4. The number of aryl methyl sites for hydroxylation is 3. The fourth-order valence-corrected chi connectivity index (χ4v) is 5.81. The molecule has 2 aromatic carbocycles. The Morgan fingerprint density at radius 1 is 1.21 bits per heavy atom. The molecule has 0 amide bonds. The summed E-state index contributed by atoms with van der Waals surface area (Å²) in [5.41, 5.74) is 5.78. The molecule has 1 N–H and O–H groups in total. The van der Waals surface area contributed by atoms with Crippen LogP contribution in [0.3, 0.4) is 0 Å². The number of fused-ring (bicyclic) bond motifs is 4. The zero-order chi connectivity index (χ0) is 24.2. The van der Waals surface area contributed by atoms with Crippen LogP contribution in [-0.2, 0) is 16.0 Å². The van der Waals surface area contributed by atoms with Gasteiger partial charge in [-0.1, -0.05) is 6.07 Å². The van der Waals surface area contributed by atoms with Crippen LogP contribution in [0, 0.1) is 13.8 Å². The lowest BCUT2D eigenvalue weighted by Crippen LogP contribution is -2.28. The molecular weight excluding hydrogens is 446 g/mol. The van der Waals surface area contributed by atoms with Crippen molar-refractivity contribution in [3.8, 4) is 16.9 Å².